The second-order valence-corrected chi connectivity index (χ2v) is 5.43. The van der Waals surface area contributed by atoms with Crippen LogP contribution >= 0.6 is 0 Å². The van der Waals surface area contributed by atoms with Gasteiger partial charge in [-0.25, -0.2) is 0 Å². The van der Waals surface area contributed by atoms with E-state index in [2.05, 4.69) is 15.5 Å². The molecule has 0 spiro atoms. The van der Waals surface area contributed by atoms with Crippen LogP contribution in [0.3, 0.4) is 0 Å². The van der Waals surface area contributed by atoms with Gasteiger partial charge in [0.15, 0.2) is 6.61 Å². The summed E-state index contributed by atoms with van der Waals surface area (Å²) in [6, 6.07) is 9.30. The summed E-state index contributed by atoms with van der Waals surface area (Å²) >= 11 is 0. The molecule has 0 atom stereocenters. The first-order valence-corrected chi connectivity index (χ1v) is 7.69. The number of primary amides is 1. The highest BCUT2D eigenvalue weighted by molar-refractivity contribution is 5.92. The molecule has 1 amide bonds. The Labute approximate surface area is 144 Å². The van der Waals surface area contributed by atoms with E-state index in [-0.39, 0.29) is 6.61 Å². The molecule has 0 aliphatic heterocycles. The van der Waals surface area contributed by atoms with Crippen molar-refractivity contribution in [3.8, 4) is 5.75 Å². The van der Waals surface area contributed by atoms with Crippen LogP contribution in [0.2, 0.25) is 0 Å². The van der Waals surface area contributed by atoms with Crippen molar-refractivity contribution < 1.29 is 18.5 Å². The van der Waals surface area contributed by atoms with Crippen LogP contribution in [0.5, 0.6) is 5.75 Å². The largest absolute Gasteiger partial charge is 0.485 e. The third-order valence-electron chi connectivity index (χ3n) is 3.43. The van der Waals surface area contributed by atoms with Crippen molar-refractivity contribution in [3.05, 3.63) is 65.2 Å². The highest BCUT2D eigenvalue weighted by Crippen LogP contribution is 2.14. The Morgan fingerprint density at radius 1 is 1.28 bits per heavy atom. The van der Waals surface area contributed by atoms with Gasteiger partial charge in [-0.15, -0.1) is 0 Å². The lowest BCUT2D eigenvalue weighted by atomic mass is 10.2. The van der Waals surface area contributed by atoms with Crippen LogP contribution in [0.15, 0.2) is 45.5 Å². The van der Waals surface area contributed by atoms with E-state index in [4.69, 9.17) is 19.4 Å². The van der Waals surface area contributed by atoms with E-state index < -0.39 is 5.91 Å². The Hall–Kier alpha value is -3.13. The fraction of sp³-hybridized carbons (Fsp3) is 0.235. The first kappa shape index (κ1) is 16.7. The molecule has 8 nitrogen and oxygen atoms in total. The summed E-state index contributed by atoms with van der Waals surface area (Å²) in [4.78, 5) is 15.1. The van der Waals surface area contributed by atoms with E-state index in [1.165, 1.54) is 6.26 Å². The maximum Gasteiger partial charge on any atom is 0.251 e. The molecule has 3 N–H and O–H groups in total. The Kier molecular flexibility index (Phi) is 5.10. The third-order valence-corrected chi connectivity index (χ3v) is 3.43. The maximum atomic E-state index is 11.0. The molecule has 2 aromatic heterocycles. The second kappa shape index (κ2) is 7.63. The number of aryl methyl sites for hydroxylation is 1. The molecule has 130 valence electrons. The number of carbonyl (C=O) groups excluding carboxylic acids is 1. The highest BCUT2D eigenvalue weighted by atomic mass is 16.5. The number of rotatable bonds is 8. The van der Waals surface area contributed by atoms with E-state index in [0.29, 0.717) is 36.1 Å². The second-order valence-electron chi connectivity index (χ2n) is 5.43. The predicted octanol–water partition coefficient (Wildman–Crippen LogP) is 1.94. The minimum Gasteiger partial charge on any atom is -0.485 e. The molecular weight excluding hydrogens is 324 g/mol. The Bertz CT molecular complexity index is 838. The fourth-order valence-electron chi connectivity index (χ4n) is 2.18. The van der Waals surface area contributed by atoms with Gasteiger partial charge in [0.2, 0.25) is 11.7 Å². The van der Waals surface area contributed by atoms with Crippen molar-refractivity contribution >= 4 is 5.91 Å². The Morgan fingerprint density at radius 3 is 2.72 bits per heavy atom. The lowest BCUT2D eigenvalue weighted by molar-refractivity contribution is 0.0999. The monoisotopic (exact) mass is 342 g/mol. The van der Waals surface area contributed by atoms with Gasteiger partial charge >= 0.3 is 0 Å². The zero-order valence-electron chi connectivity index (χ0n) is 13.7. The van der Waals surface area contributed by atoms with Crippen LogP contribution in [0.4, 0.5) is 0 Å². The van der Waals surface area contributed by atoms with Crippen molar-refractivity contribution in [2.45, 2.75) is 26.6 Å². The van der Waals surface area contributed by atoms with Crippen molar-refractivity contribution in [1.29, 1.82) is 0 Å². The number of furan rings is 1. The van der Waals surface area contributed by atoms with Gasteiger partial charge in [0, 0.05) is 13.5 Å². The molecule has 3 rings (SSSR count). The van der Waals surface area contributed by atoms with Gasteiger partial charge in [-0.2, -0.15) is 4.98 Å². The average Bonchev–Trinajstić information content (AvgIpc) is 3.23. The molecule has 0 bridgehead atoms. The molecule has 0 aliphatic carbocycles. The molecule has 0 radical (unpaired) electrons. The third kappa shape index (κ3) is 4.67. The molecule has 25 heavy (non-hydrogen) atoms. The summed E-state index contributed by atoms with van der Waals surface area (Å²) in [5.74, 6) is 1.91. The quantitative estimate of drug-likeness (QED) is 0.642. The minimum atomic E-state index is -0.499. The zero-order valence-corrected chi connectivity index (χ0v) is 13.7. The maximum absolute atomic E-state index is 11.0. The number of nitrogens with zero attached hydrogens (tertiary/aromatic N) is 2. The first-order chi connectivity index (χ1) is 12.1. The molecule has 1 aromatic carbocycles. The summed E-state index contributed by atoms with van der Waals surface area (Å²) in [7, 11) is 0. The smallest absolute Gasteiger partial charge is 0.251 e. The Morgan fingerprint density at radius 2 is 2.08 bits per heavy atom. The van der Waals surface area contributed by atoms with Crippen LogP contribution < -0.4 is 15.8 Å². The summed E-state index contributed by atoms with van der Waals surface area (Å²) < 4.78 is 15.7. The van der Waals surface area contributed by atoms with Crippen LogP contribution in [0.25, 0.3) is 0 Å². The van der Waals surface area contributed by atoms with E-state index >= 15 is 0 Å². The molecule has 0 unspecified atom stereocenters. The number of aromatic nitrogens is 2. The van der Waals surface area contributed by atoms with Crippen LogP contribution in [0, 0.1) is 6.92 Å². The number of carbonyl (C=O) groups is 1. The highest BCUT2D eigenvalue weighted by Gasteiger charge is 2.06. The van der Waals surface area contributed by atoms with Crippen molar-refractivity contribution in [1.82, 2.24) is 15.5 Å². The van der Waals surface area contributed by atoms with Gasteiger partial charge in [-0.3, -0.25) is 4.79 Å². The summed E-state index contributed by atoms with van der Waals surface area (Å²) in [5, 5.41) is 7.00. The normalized spacial score (nSPS) is 10.8. The summed E-state index contributed by atoms with van der Waals surface area (Å²) in [6.45, 7) is 3.14. The first-order valence-electron chi connectivity index (χ1n) is 7.69. The Balaban J connectivity index is 1.44. The zero-order chi connectivity index (χ0) is 17.6. The molecule has 3 aromatic rings. The van der Waals surface area contributed by atoms with E-state index in [9.17, 15) is 4.79 Å². The topological polar surface area (TPSA) is 116 Å². The van der Waals surface area contributed by atoms with Gasteiger partial charge in [-0.05, 0) is 23.8 Å². The number of hydrogen-bond acceptors (Lipinski definition) is 7. The number of nitrogens with two attached hydrogens (primary N) is 1. The number of ether oxygens (including phenoxy) is 1. The lowest BCUT2D eigenvalue weighted by Crippen LogP contribution is -2.12. The van der Waals surface area contributed by atoms with E-state index in [0.717, 1.165) is 11.3 Å². The number of benzene rings is 1. The summed E-state index contributed by atoms with van der Waals surface area (Å²) in [5.41, 5.74) is 6.64. The van der Waals surface area contributed by atoms with Crippen molar-refractivity contribution in [3.63, 3.8) is 0 Å². The standard InChI is InChI=1S/C17H18N4O4/c1-11-20-16(21-25-11)10-24-14-4-2-12(3-5-14)7-19-8-15-6-13(9-23-15)17(18)22/h2-6,9,19H,7-8,10H2,1H3,(H2,18,22). The van der Waals surface area contributed by atoms with Gasteiger partial charge < -0.3 is 24.7 Å². The number of amides is 1. The minimum absolute atomic E-state index is 0.260. The van der Waals surface area contributed by atoms with Gasteiger partial charge in [0.05, 0.1) is 12.1 Å². The fourth-order valence-corrected chi connectivity index (χ4v) is 2.18. The molecule has 0 saturated heterocycles. The van der Waals surface area contributed by atoms with Gasteiger partial charge in [0.25, 0.3) is 5.91 Å². The van der Waals surface area contributed by atoms with Gasteiger partial charge in [-0.1, -0.05) is 17.3 Å². The number of hydrogen-bond donors (Lipinski definition) is 2. The average molecular weight is 342 g/mol. The van der Waals surface area contributed by atoms with E-state index in [1.807, 2.05) is 24.3 Å². The van der Waals surface area contributed by atoms with Crippen molar-refractivity contribution in [2.75, 3.05) is 0 Å². The summed E-state index contributed by atoms with van der Waals surface area (Å²) in [6.07, 6.45) is 1.36. The van der Waals surface area contributed by atoms with Crippen LogP contribution in [-0.2, 0) is 19.7 Å². The molecule has 0 fully saturated rings. The molecular formula is C17H18N4O4. The SMILES string of the molecule is Cc1nc(COc2ccc(CNCc3cc(C(N)=O)co3)cc2)no1. The molecule has 8 heteroatoms. The number of nitrogens with one attached hydrogen (secondary N) is 1. The molecule has 2 heterocycles. The molecule has 0 saturated carbocycles. The molecule has 0 aliphatic rings. The van der Waals surface area contributed by atoms with E-state index in [1.54, 1.807) is 13.0 Å². The van der Waals surface area contributed by atoms with Gasteiger partial charge in [0.1, 0.15) is 17.8 Å². The van der Waals surface area contributed by atoms with Crippen LogP contribution in [-0.4, -0.2) is 16.0 Å². The predicted molar refractivity (Wildman–Crippen MR) is 87.6 cm³/mol. The lowest BCUT2D eigenvalue weighted by Gasteiger charge is -2.06. The van der Waals surface area contributed by atoms with Crippen LogP contribution in [0.1, 0.15) is 33.4 Å². The van der Waals surface area contributed by atoms with Crippen molar-refractivity contribution in [2.24, 2.45) is 5.73 Å².